The molecule has 0 N–H and O–H groups in total. The van der Waals surface area contributed by atoms with Crippen molar-refractivity contribution in [2.75, 3.05) is 0 Å². The van der Waals surface area contributed by atoms with Crippen LogP contribution in [0, 0.1) is 0 Å². The predicted octanol–water partition coefficient (Wildman–Crippen LogP) is 1.58. The van der Waals surface area contributed by atoms with Gasteiger partial charge in [0.05, 0.1) is 6.20 Å². The van der Waals surface area contributed by atoms with Crippen LogP contribution in [-0.4, -0.2) is 9.55 Å². The minimum absolute atomic E-state index is 0.773. The van der Waals surface area contributed by atoms with E-state index < -0.39 is 0 Å². The average Bonchev–Trinajstić information content (AvgIpc) is 2.51. The lowest BCUT2D eigenvalue weighted by atomic mass is 10.2. The number of aromatic nitrogens is 3. The second-order valence-corrected chi connectivity index (χ2v) is 4.40. The highest BCUT2D eigenvalue weighted by Gasteiger charge is 1.99. The van der Waals surface area contributed by atoms with Gasteiger partial charge < -0.3 is 4.57 Å². The maximum absolute atomic E-state index is 4.55. The van der Waals surface area contributed by atoms with Crippen LogP contribution in [0.4, 0.5) is 0 Å². The first-order valence-electron chi connectivity index (χ1n) is 6.47. The molecule has 98 valence electrons. The SMILES string of the molecule is c1ccc(Cn2ccnc/c2=N\[n+]2ccccc2)cc1. The van der Waals surface area contributed by atoms with E-state index in [0.717, 1.165) is 12.0 Å². The van der Waals surface area contributed by atoms with E-state index in [1.54, 1.807) is 17.1 Å². The van der Waals surface area contributed by atoms with E-state index in [0.29, 0.717) is 0 Å². The molecule has 3 aromatic rings. The summed E-state index contributed by atoms with van der Waals surface area (Å²) in [5, 5.41) is 4.55. The normalized spacial score (nSPS) is 11.5. The van der Waals surface area contributed by atoms with Crippen LogP contribution in [0.3, 0.4) is 0 Å². The number of pyridine rings is 1. The number of rotatable bonds is 3. The molecule has 0 amide bonds. The van der Waals surface area contributed by atoms with Gasteiger partial charge in [0.2, 0.25) is 17.9 Å². The van der Waals surface area contributed by atoms with Crippen LogP contribution in [0.25, 0.3) is 0 Å². The van der Waals surface area contributed by atoms with Gasteiger partial charge in [-0.15, -0.1) is 0 Å². The second-order valence-electron chi connectivity index (χ2n) is 4.40. The zero-order valence-electron chi connectivity index (χ0n) is 11.0. The van der Waals surface area contributed by atoms with E-state index in [1.165, 1.54) is 5.56 Å². The zero-order chi connectivity index (χ0) is 13.6. The van der Waals surface area contributed by atoms with Crippen LogP contribution >= 0.6 is 0 Å². The van der Waals surface area contributed by atoms with Crippen molar-refractivity contribution < 1.29 is 4.68 Å². The number of hydrogen-bond donors (Lipinski definition) is 0. The molecule has 0 bridgehead atoms. The van der Waals surface area contributed by atoms with Gasteiger partial charge in [0.25, 0.3) is 0 Å². The summed E-state index contributed by atoms with van der Waals surface area (Å²) in [5.74, 6) is 0. The predicted molar refractivity (Wildman–Crippen MR) is 75.4 cm³/mol. The molecule has 0 unspecified atom stereocenters. The minimum atomic E-state index is 0.773. The van der Waals surface area contributed by atoms with Crippen molar-refractivity contribution in [3.05, 3.63) is 90.6 Å². The Kier molecular flexibility index (Phi) is 3.64. The molecule has 0 radical (unpaired) electrons. The average molecular weight is 263 g/mol. The number of hydrogen-bond acceptors (Lipinski definition) is 2. The Morgan fingerprint density at radius 2 is 1.75 bits per heavy atom. The van der Waals surface area contributed by atoms with Gasteiger partial charge in [0.1, 0.15) is 0 Å². The van der Waals surface area contributed by atoms with Gasteiger partial charge in [-0.2, -0.15) is 0 Å². The highest BCUT2D eigenvalue weighted by atomic mass is 15.3. The highest BCUT2D eigenvalue weighted by molar-refractivity contribution is 5.14. The lowest BCUT2D eigenvalue weighted by molar-refractivity contribution is -0.683. The van der Waals surface area contributed by atoms with Gasteiger partial charge in [0.15, 0.2) is 0 Å². The molecule has 0 fully saturated rings. The fourth-order valence-corrected chi connectivity index (χ4v) is 1.95. The molecule has 4 heteroatoms. The van der Waals surface area contributed by atoms with Crippen LogP contribution in [0.15, 0.2) is 84.6 Å². The Balaban J connectivity index is 1.99. The monoisotopic (exact) mass is 263 g/mol. The molecule has 0 spiro atoms. The molecule has 0 atom stereocenters. The molecular formula is C16H15N4+. The molecule has 4 nitrogen and oxygen atoms in total. The topological polar surface area (TPSA) is 34.1 Å². The molecule has 1 aromatic carbocycles. The van der Waals surface area contributed by atoms with Crippen LogP contribution < -0.4 is 10.2 Å². The Bertz CT molecular complexity index is 733. The molecule has 2 aromatic heterocycles. The van der Waals surface area contributed by atoms with Gasteiger partial charge >= 0.3 is 0 Å². The lowest BCUT2D eigenvalue weighted by Crippen LogP contribution is -2.34. The highest BCUT2D eigenvalue weighted by Crippen LogP contribution is 1.99. The first-order chi connectivity index (χ1) is 9.92. The van der Waals surface area contributed by atoms with Crippen molar-refractivity contribution in [2.24, 2.45) is 5.10 Å². The molecule has 0 saturated heterocycles. The fourth-order valence-electron chi connectivity index (χ4n) is 1.95. The number of nitrogens with zero attached hydrogens (tertiary/aromatic N) is 4. The molecule has 20 heavy (non-hydrogen) atoms. The van der Waals surface area contributed by atoms with Crippen LogP contribution in [0.1, 0.15) is 5.56 Å². The summed E-state index contributed by atoms with van der Waals surface area (Å²) in [6, 6.07) is 16.2. The summed E-state index contributed by atoms with van der Waals surface area (Å²) in [6.45, 7) is 0.773. The van der Waals surface area contributed by atoms with Gasteiger partial charge in [-0.3, -0.25) is 4.98 Å². The maximum Gasteiger partial charge on any atom is 0.219 e. The summed E-state index contributed by atoms with van der Waals surface area (Å²) in [7, 11) is 0. The van der Waals surface area contributed by atoms with E-state index in [1.807, 2.05) is 55.0 Å². The third-order valence-electron chi connectivity index (χ3n) is 2.93. The van der Waals surface area contributed by atoms with Crippen molar-refractivity contribution in [1.82, 2.24) is 9.55 Å². The summed E-state index contributed by atoms with van der Waals surface area (Å²) in [4.78, 5) is 4.16. The van der Waals surface area contributed by atoms with Crippen molar-refractivity contribution in [3.63, 3.8) is 0 Å². The first kappa shape index (κ1) is 12.3. The largest absolute Gasteiger partial charge is 0.321 e. The smallest absolute Gasteiger partial charge is 0.219 e. The third-order valence-corrected chi connectivity index (χ3v) is 2.93. The van der Waals surface area contributed by atoms with E-state index >= 15 is 0 Å². The maximum atomic E-state index is 4.55. The Hall–Kier alpha value is -2.75. The zero-order valence-corrected chi connectivity index (χ0v) is 11.0. The third kappa shape index (κ3) is 2.98. The van der Waals surface area contributed by atoms with Crippen LogP contribution in [-0.2, 0) is 6.54 Å². The quantitative estimate of drug-likeness (QED) is 0.661. The van der Waals surface area contributed by atoms with Crippen molar-refractivity contribution in [3.8, 4) is 0 Å². The van der Waals surface area contributed by atoms with Crippen molar-refractivity contribution >= 4 is 0 Å². The molecule has 3 rings (SSSR count). The molecule has 0 aliphatic heterocycles. The first-order valence-corrected chi connectivity index (χ1v) is 6.47. The summed E-state index contributed by atoms with van der Waals surface area (Å²) < 4.78 is 3.85. The Morgan fingerprint density at radius 1 is 1.00 bits per heavy atom. The van der Waals surface area contributed by atoms with Crippen molar-refractivity contribution in [2.45, 2.75) is 6.54 Å². The molecule has 0 aliphatic rings. The molecule has 0 aliphatic carbocycles. The van der Waals surface area contributed by atoms with Crippen LogP contribution in [0.2, 0.25) is 0 Å². The van der Waals surface area contributed by atoms with E-state index in [2.05, 4.69) is 26.8 Å². The number of benzene rings is 1. The molecular weight excluding hydrogens is 248 g/mol. The molecule has 2 heterocycles. The van der Waals surface area contributed by atoms with Gasteiger partial charge in [-0.05, 0) is 5.56 Å². The van der Waals surface area contributed by atoms with Crippen molar-refractivity contribution in [1.29, 1.82) is 0 Å². The summed E-state index contributed by atoms with van der Waals surface area (Å²) in [5.41, 5.74) is 2.05. The molecule has 0 saturated carbocycles. The van der Waals surface area contributed by atoms with E-state index in [9.17, 15) is 0 Å². The van der Waals surface area contributed by atoms with Crippen LogP contribution in [0.5, 0.6) is 0 Å². The van der Waals surface area contributed by atoms with Gasteiger partial charge in [-0.1, -0.05) is 41.1 Å². The van der Waals surface area contributed by atoms with Gasteiger partial charge in [-0.25, -0.2) is 0 Å². The Labute approximate surface area is 117 Å². The summed E-state index contributed by atoms with van der Waals surface area (Å²) >= 11 is 0. The Morgan fingerprint density at radius 3 is 2.55 bits per heavy atom. The van der Waals surface area contributed by atoms with Gasteiger partial charge in [0, 0.05) is 36.2 Å². The van der Waals surface area contributed by atoms with E-state index in [-0.39, 0.29) is 0 Å². The fraction of sp³-hybridized carbons (Fsp3) is 0.0625. The lowest BCUT2D eigenvalue weighted by Gasteiger charge is -2.05. The second kappa shape index (κ2) is 5.93. The summed E-state index contributed by atoms with van der Waals surface area (Å²) in [6.07, 6.45) is 9.29. The standard InChI is InChI=1S/C16H15N4/c1-3-7-15(8-4-1)14-19-12-9-17-13-16(19)18-20-10-5-2-6-11-20/h1-13H,14H2/q+1/b18-16+. The minimum Gasteiger partial charge on any atom is -0.321 e. The van der Waals surface area contributed by atoms with E-state index in [4.69, 9.17) is 0 Å².